The maximum Gasteiger partial charge on any atom is 0.324 e. The number of phenols is 2. The first kappa shape index (κ1) is 14.6. The Bertz CT molecular complexity index is 436. The highest BCUT2D eigenvalue weighted by molar-refractivity contribution is 6.14. The number of aryl methyl sites for hydroxylation is 1. The summed E-state index contributed by atoms with van der Waals surface area (Å²) in [5.74, 6) is -0.885. The van der Waals surface area contributed by atoms with Gasteiger partial charge in [-0.15, -0.1) is 0 Å². The summed E-state index contributed by atoms with van der Waals surface area (Å²) >= 11 is 5.49. The second-order valence-electron chi connectivity index (χ2n) is 3.85. The number of hydrogen-bond acceptors (Lipinski definition) is 5. The predicted molar refractivity (Wildman–Crippen MR) is 67.6 cm³/mol. The van der Waals surface area contributed by atoms with Gasteiger partial charge < -0.3 is 14.9 Å². The lowest BCUT2D eigenvalue weighted by Gasteiger charge is -2.15. The van der Waals surface area contributed by atoms with E-state index in [1.807, 2.05) is 6.92 Å². The maximum absolute atomic E-state index is 11.4. The van der Waals surface area contributed by atoms with Crippen molar-refractivity contribution >= 4 is 17.7 Å². The van der Waals surface area contributed by atoms with Gasteiger partial charge in [0.05, 0.1) is 7.11 Å². The summed E-state index contributed by atoms with van der Waals surface area (Å²) in [5.41, 5.74) is 1.57. The Hall–Kier alpha value is -1.46. The van der Waals surface area contributed by atoms with Crippen molar-refractivity contribution in [2.75, 3.05) is 7.11 Å². The zero-order valence-electron chi connectivity index (χ0n) is 10.2. The van der Waals surface area contributed by atoms with Crippen LogP contribution in [0.15, 0.2) is 12.1 Å². The summed E-state index contributed by atoms with van der Waals surface area (Å²) in [4.78, 5) is 13.8. The molecule has 18 heavy (non-hydrogen) atoms. The Morgan fingerprint density at radius 3 is 2.39 bits per heavy atom. The lowest BCUT2D eigenvalue weighted by molar-refractivity contribution is -0.142. The third-order valence-corrected chi connectivity index (χ3v) is 2.98. The van der Waals surface area contributed by atoms with Crippen molar-refractivity contribution in [1.29, 1.82) is 0 Å². The van der Waals surface area contributed by atoms with Gasteiger partial charge in [0.2, 0.25) is 0 Å². The van der Waals surface area contributed by atoms with Crippen LogP contribution < -0.4 is 4.84 Å². The highest BCUT2D eigenvalue weighted by Crippen LogP contribution is 2.29. The first-order valence-corrected chi connectivity index (χ1v) is 5.89. The standard InChI is InChI=1S/C12H16ClNO4/c1-3-7-5-10(15)11(16)6-8(7)4-9(14-13)12(17)18-2/h5-6,9,14-16H,3-4H2,1-2H3. The number of carbonyl (C=O) groups is 1. The molecule has 0 aliphatic carbocycles. The number of halogens is 1. The summed E-state index contributed by atoms with van der Waals surface area (Å²) in [6, 6.07) is 2.21. The largest absolute Gasteiger partial charge is 0.504 e. The topological polar surface area (TPSA) is 78.8 Å². The Morgan fingerprint density at radius 1 is 1.39 bits per heavy atom. The van der Waals surface area contributed by atoms with E-state index in [1.165, 1.54) is 19.2 Å². The Balaban J connectivity index is 3.01. The number of benzene rings is 1. The van der Waals surface area contributed by atoms with Crippen LogP contribution >= 0.6 is 11.8 Å². The first-order chi connectivity index (χ1) is 8.53. The lowest BCUT2D eigenvalue weighted by atomic mass is 9.98. The van der Waals surface area contributed by atoms with E-state index in [4.69, 9.17) is 11.8 Å². The van der Waals surface area contributed by atoms with Gasteiger partial charge in [-0.05, 0) is 41.5 Å². The number of aromatic hydroxyl groups is 2. The van der Waals surface area contributed by atoms with Crippen molar-refractivity contribution < 1.29 is 19.7 Å². The molecular weight excluding hydrogens is 258 g/mol. The van der Waals surface area contributed by atoms with Crippen LogP contribution in [0.3, 0.4) is 0 Å². The van der Waals surface area contributed by atoms with E-state index in [1.54, 1.807) is 0 Å². The summed E-state index contributed by atoms with van der Waals surface area (Å²) < 4.78 is 4.61. The minimum Gasteiger partial charge on any atom is -0.504 e. The quantitative estimate of drug-likeness (QED) is 0.430. The lowest BCUT2D eigenvalue weighted by Crippen LogP contribution is -2.34. The highest BCUT2D eigenvalue weighted by Gasteiger charge is 2.20. The second kappa shape index (κ2) is 6.47. The number of hydrogen-bond donors (Lipinski definition) is 3. The minimum absolute atomic E-state index is 0.177. The van der Waals surface area contributed by atoms with Crippen molar-refractivity contribution in [1.82, 2.24) is 4.84 Å². The number of phenolic OH excluding ortho intramolecular Hbond substituents is 2. The number of carbonyl (C=O) groups excluding carboxylic acids is 1. The van der Waals surface area contributed by atoms with Crippen LogP contribution in [-0.2, 0) is 22.4 Å². The number of esters is 1. The van der Waals surface area contributed by atoms with E-state index in [9.17, 15) is 15.0 Å². The summed E-state index contributed by atoms with van der Waals surface area (Å²) in [6.45, 7) is 1.91. The maximum atomic E-state index is 11.4. The molecule has 0 amide bonds. The van der Waals surface area contributed by atoms with Gasteiger partial charge in [0.25, 0.3) is 0 Å². The third-order valence-electron chi connectivity index (χ3n) is 2.72. The Morgan fingerprint density at radius 2 is 1.94 bits per heavy atom. The van der Waals surface area contributed by atoms with Gasteiger partial charge in [-0.25, -0.2) is 4.84 Å². The fraction of sp³-hybridized carbons (Fsp3) is 0.417. The molecule has 1 unspecified atom stereocenters. The van der Waals surface area contributed by atoms with E-state index in [0.29, 0.717) is 6.42 Å². The second-order valence-corrected chi connectivity index (χ2v) is 4.07. The average Bonchev–Trinajstić information content (AvgIpc) is 2.38. The third kappa shape index (κ3) is 3.27. The molecule has 6 heteroatoms. The van der Waals surface area contributed by atoms with Gasteiger partial charge in [-0.2, -0.15) is 0 Å². The molecule has 1 aromatic rings. The molecule has 0 aliphatic heterocycles. The van der Waals surface area contributed by atoms with Crippen molar-refractivity contribution in [2.45, 2.75) is 25.8 Å². The van der Waals surface area contributed by atoms with Crippen molar-refractivity contribution in [3.63, 3.8) is 0 Å². The SMILES string of the molecule is CCc1cc(O)c(O)cc1CC(NCl)C(=O)OC. The molecule has 3 N–H and O–H groups in total. The van der Waals surface area contributed by atoms with Crippen LogP contribution in [0.5, 0.6) is 11.5 Å². The zero-order chi connectivity index (χ0) is 13.7. The molecular formula is C12H16ClNO4. The summed E-state index contributed by atoms with van der Waals surface area (Å²) in [7, 11) is 1.28. The van der Waals surface area contributed by atoms with E-state index in [0.717, 1.165) is 11.1 Å². The molecule has 0 heterocycles. The molecule has 0 spiro atoms. The molecule has 0 saturated heterocycles. The van der Waals surface area contributed by atoms with Gasteiger partial charge in [0.1, 0.15) is 6.04 Å². The number of methoxy groups -OCH3 is 1. The molecule has 0 fully saturated rings. The van der Waals surface area contributed by atoms with Gasteiger partial charge >= 0.3 is 5.97 Å². The monoisotopic (exact) mass is 273 g/mol. The smallest absolute Gasteiger partial charge is 0.324 e. The Labute approximate surface area is 110 Å². The van der Waals surface area contributed by atoms with E-state index >= 15 is 0 Å². The molecule has 0 aromatic heterocycles. The molecule has 5 nitrogen and oxygen atoms in total. The van der Waals surface area contributed by atoms with E-state index in [-0.39, 0.29) is 17.9 Å². The van der Waals surface area contributed by atoms with Crippen molar-refractivity contribution in [3.8, 4) is 11.5 Å². The van der Waals surface area contributed by atoms with E-state index < -0.39 is 12.0 Å². The molecule has 1 atom stereocenters. The molecule has 100 valence electrons. The van der Waals surface area contributed by atoms with Gasteiger partial charge in [0.15, 0.2) is 11.5 Å². The van der Waals surface area contributed by atoms with Crippen LogP contribution in [0, 0.1) is 0 Å². The molecule has 1 aromatic carbocycles. The molecule has 0 saturated carbocycles. The normalized spacial score (nSPS) is 12.2. The first-order valence-electron chi connectivity index (χ1n) is 5.51. The minimum atomic E-state index is -0.703. The molecule has 0 radical (unpaired) electrons. The van der Waals surface area contributed by atoms with Crippen LogP contribution in [0.25, 0.3) is 0 Å². The van der Waals surface area contributed by atoms with Gasteiger partial charge in [-0.1, -0.05) is 6.92 Å². The molecule has 1 rings (SSSR count). The van der Waals surface area contributed by atoms with Gasteiger partial charge in [-0.3, -0.25) is 4.79 Å². The van der Waals surface area contributed by atoms with Crippen LogP contribution in [0.1, 0.15) is 18.1 Å². The number of ether oxygens (including phenoxy) is 1. The predicted octanol–water partition coefficient (Wildman–Crippen LogP) is 1.49. The Kier molecular flexibility index (Phi) is 5.25. The zero-order valence-corrected chi connectivity index (χ0v) is 11.0. The highest BCUT2D eigenvalue weighted by atomic mass is 35.5. The average molecular weight is 274 g/mol. The van der Waals surface area contributed by atoms with Crippen LogP contribution in [0.4, 0.5) is 0 Å². The van der Waals surface area contributed by atoms with E-state index in [2.05, 4.69) is 9.57 Å². The van der Waals surface area contributed by atoms with Crippen LogP contribution in [0.2, 0.25) is 0 Å². The fourth-order valence-corrected chi connectivity index (χ4v) is 1.88. The summed E-state index contributed by atoms with van der Waals surface area (Å²) in [6.07, 6.45) is 0.937. The number of nitrogens with one attached hydrogen (secondary N) is 1. The summed E-state index contributed by atoms with van der Waals surface area (Å²) in [5, 5.41) is 18.9. The van der Waals surface area contributed by atoms with Crippen molar-refractivity contribution in [2.24, 2.45) is 0 Å². The van der Waals surface area contributed by atoms with Gasteiger partial charge in [0, 0.05) is 6.42 Å². The van der Waals surface area contributed by atoms with Crippen molar-refractivity contribution in [3.05, 3.63) is 23.3 Å². The molecule has 0 aliphatic rings. The fourth-order valence-electron chi connectivity index (χ4n) is 1.71. The number of rotatable bonds is 5. The van der Waals surface area contributed by atoms with Crippen LogP contribution in [-0.4, -0.2) is 29.3 Å². The molecule has 0 bridgehead atoms.